The van der Waals surface area contributed by atoms with E-state index in [1.54, 1.807) is 6.07 Å². The van der Waals surface area contributed by atoms with Crippen molar-refractivity contribution in [2.24, 2.45) is 5.41 Å². The van der Waals surface area contributed by atoms with Gasteiger partial charge in [-0.3, -0.25) is 0 Å². The second kappa shape index (κ2) is 4.12. The van der Waals surface area contributed by atoms with Crippen LogP contribution in [0.15, 0.2) is 17.2 Å². The van der Waals surface area contributed by atoms with E-state index < -0.39 is 0 Å². The Morgan fingerprint density at radius 2 is 2.39 bits per heavy atom. The molecule has 2 heterocycles. The highest BCUT2D eigenvalue weighted by Crippen LogP contribution is 2.43. The van der Waals surface area contributed by atoms with Crippen LogP contribution in [0.25, 0.3) is 5.65 Å². The van der Waals surface area contributed by atoms with Crippen molar-refractivity contribution in [3.8, 4) is 0 Å². The van der Waals surface area contributed by atoms with E-state index in [2.05, 4.69) is 27.4 Å². The minimum absolute atomic E-state index is 0.256. The summed E-state index contributed by atoms with van der Waals surface area (Å²) in [6.07, 6.45) is 6.62. The molecule has 6 heteroatoms. The van der Waals surface area contributed by atoms with Crippen LogP contribution < -0.4 is 11.0 Å². The van der Waals surface area contributed by atoms with Crippen LogP contribution in [0, 0.1) is 5.41 Å². The fourth-order valence-electron chi connectivity index (χ4n) is 2.52. The zero-order valence-corrected chi connectivity index (χ0v) is 10.4. The highest BCUT2D eigenvalue weighted by Gasteiger charge is 2.34. The number of aromatic amines is 1. The van der Waals surface area contributed by atoms with Crippen LogP contribution in [0.2, 0.25) is 0 Å². The first kappa shape index (κ1) is 11.3. The molecule has 18 heavy (non-hydrogen) atoms. The molecule has 1 aliphatic carbocycles. The van der Waals surface area contributed by atoms with Crippen LogP contribution in [0.4, 0.5) is 5.82 Å². The predicted molar refractivity (Wildman–Crippen MR) is 68.7 cm³/mol. The number of hydrogen-bond acceptors (Lipinski definition) is 4. The number of nitrogens with zero attached hydrogens (tertiary/aromatic N) is 3. The van der Waals surface area contributed by atoms with Crippen molar-refractivity contribution in [1.29, 1.82) is 0 Å². The summed E-state index contributed by atoms with van der Waals surface area (Å²) >= 11 is 0. The summed E-state index contributed by atoms with van der Waals surface area (Å²) in [5.74, 6) is 0.779. The SMILES string of the molecule is CCC1(CNc2cc3n[nH]c(=O)n3cn2)CCC1. The number of aromatic nitrogens is 4. The quantitative estimate of drug-likeness (QED) is 0.856. The molecule has 1 fully saturated rings. The van der Waals surface area contributed by atoms with Crippen LogP contribution in [-0.4, -0.2) is 26.1 Å². The fraction of sp³-hybridized carbons (Fsp3) is 0.583. The third-order valence-electron chi connectivity index (χ3n) is 4.12. The van der Waals surface area contributed by atoms with Crippen molar-refractivity contribution in [3.63, 3.8) is 0 Å². The third-order valence-corrected chi connectivity index (χ3v) is 4.12. The zero-order chi connectivity index (χ0) is 12.6. The molecule has 3 rings (SSSR count). The highest BCUT2D eigenvalue weighted by molar-refractivity contribution is 5.48. The summed E-state index contributed by atoms with van der Waals surface area (Å²) in [7, 11) is 0. The second-order valence-corrected chi connectivity index (χ2v) is 5.09. The summed E-state index contributed by atoms with van der Waals surface area (Å²) in [6.45, 7) is 3.19. The Hall–Kier alpha value is -1.85. The summed E-state index contributed by atoms with van der Waals surface area (Å²) in [5, 5.41) is 9.68. The van der Waals surface area contributed by atoms with Crippen LogP contribution in [0.3, 0.4) is 0 Å². The predicted octanol–water partition coefficient (Wildman–Crippen LogP) is 1.41. The lowest BCUT2D eigenvalue weighted by atomic mass is 9.67. The number of H-pyrrole nitrogens is 1. The Morgan fingerprint density at radius 3 is 3.06 bits per heavy atom. The second-order valence-electron chi connectivity index (χ2n) is 5.09. The molecular weight excluding hydrogens is 230 g/mol. The maximum absolute atomic E-state index is 11.3. The molecule has 0 aromatic carbocycles. The maximum Gasteiger partial charge on any atom is 0.348 e. The van der Waals surface area contributed by atoms with E-state index in [9.17, 15) is 4.79 Å². The molecule has 2 aromatic heterocycles. The fourth-order valence-corrected chi connectivity index (χ4v) is 2.52. The molecule has 2 N–H and O–H groups in total. The van der Waals surface area contributed by atoms with Gasteiger partial charge in [0.2, 0.25) is 0 Å². The lowest BCUT2D eigenvalue weighted by Crippen LogP contribution is -2.36. The molecule has 2 aromatic rings. The van der Waals surface area contributed by atoms with Gasteiger partial charge < -0.3 is 5.32 Å². The molecule has 1 saturated carbocycles. The molecule has 0 bridgehead atoms. The number of nitrogens with one attached hydrogen (secondary N) is 2. The van der Waals surface area contributed by atoms with Crippen molar-refractivity contribution in [2.75, 3.05) is 11.9 Å². The zero-order valence-electron chi connectivity index (χ0n) is 10.4. The Bertz CT molecular complexity index is 605. The topological polar surface area (TPSA) is 75.1 Å². The van der Waals surface area contributed by atoms with Crippen molar-refractivity contribution >= 4 is 11.5 Å². The Kier molecular flexibility index (Phi) is 2.57. The third kappa shape index (κ3) is 1.77. The van der Waals surface area contributed by atoms with E-state index >= 15 is 0 Å². The van der Waals surface area contributed by atoms with Gasteiger partial charge in [-0.15, -0.1) is 0 Å². The summed E-state index contributed by atoms with van der Waals surface area (Å²) in [6, 6.07) is 1.79. The molecule has 0 radical (unpaired) electrons. The normalized spacial score (nSPS) is 17.6. The van der Waals surface area contributed by atoms with E-state index in [0.717, 1.165) is 12.4 Å². The van der Waals surface area contributed by atoms with Gasteiger partial charge in [-0.05, 0) is 24.7 Å². The minimum Gasteiger partial charge on any atom is -0.369 e. The monoisotopic (exact) mass is 247 g/mol. The Labute approximate surface area is 104 Å². The van der Waals surface area contributed by atoms with Crippen LogP contribution >= 0.6 is 0 Å². The first-order valence-corrected chi connectivity index (χ1v) is 6.39. The first-order valence-electron chi connectivity index (χ1n) is 6.39. The Morgan fingerprint density at radius 1 is 1.56 bits per heavy atom. The standard InChI is InChI=1S/C12H17N5O/c1-2-12(4-3-5-12)7-13-9-6-10-15-16-11(18)17(10)8-14-9/h6,8,13H,2-5,7H2,1H3,(H,16,18). The van der Waals surface area contributed by atoms with Gasteiger partial charge in [0.1, 0.15) is 12.1 Å². The number of rotatable bonds is 4. The van der Waals surface area contributed by atoms with E-state index in [1.807, 2.05) is 0 Å². The van der Waals surface area contributed by atoms with Gasteiger partial charge in [-0.2, -0.15) is 5.10 Å². The number of hydrogen-bond donors (Lipinski definition) is 2. The summed E-state index contributed by atoms with van der Waals surface area (Å²) in [5.41, 5.74) is 0.781. The van der Waals surface area contributed by atoms with Crippen LogP contribution in [0.1, 0.15) is 32.6 Å². The van der Waals surface area contributed by atoms with Gasteiger partial charge >= 0.3 is 5.69 Å². The van der Waals surface area contributed by atoms with Gasteiger partial charge in [0, 0.05) is 12.6 Å². The van der Waals surface area contributed by atoms with E-state index in [1.165, 1.54) is 36.4 Å². The van der Waals surface area contributed by atoms with Crippen molar-refractivity contribution < 1.29 is 0 Å². The number of anilines is 1. The average molecular weight is 247 g/mol. The van der Waals surface area contributed by atoms with Gasteiger partial charge in [-0.25, -0.2) is 19.3 Å². The first-order chi connectivity index (χ1) is 8.72. The average Bonchev–Trinajstić information content (AvgIpc) is 2.70. The van der Waals surface area contributed by atoms with Crippen LogP contribution in [0.5, 0.6) is 0 Å². The Balaban J connectivity index is 1.76. The van der Waals surface area contributed by atoms with Crippen molar-refractivity contribution in [3.05, 3.63) is 22.9 Å². The van der Waals surface area contributed by atoms with Crippen LogP contribution in [-0.2, 0) is 0 Å². The molecule has 0 saturated heterocycles. The molecule has 0 spiro atoms. The molecular formula is C12H17N5O. The largest absolute Gasteiger partial charge is 0.369 e. The highest BCUT2D eigenvalue weighted by atomic mass is 16.1. The molecule has 0 unspecified atom stereocenters. The molecule has 96 valence electrons. The van der Waals surface area contributed by atoms with E-state index in [4.69, 9.17) is 0 Å². The molecule has 1 aliphatic rings. The molecule has 0 amide bonds. The number of fused-ring (bicyclic) bond motifs is 1. The van der Waals surface area contributed by atoms with Crippen molar-refractivity contribution in [2.45, 2.75) is 32.6 Å². The van der Waals surface area contributed by atoms with E-state index in [-0.39, 0.29) is 5.69 Å². The maximum atomic E-state index is 11.3. The van der Waals surface area contributed by atoms with Crippen molar-refractivity contribution in [1.82, 2.24) is 19.6 Å². The molecule has 0 atom stereocenters. The summed E-state index contributed by atoms with van der Waals surface area (Å²) in [4.78, 5) is 15.5. The van der Waals surface area contributed by atoms with E-state index in [0.29, 0.717) is 11.1 Å². The molecule has 0 aliphatic heterocycles. The lowest BCUT2D eigenvalue weighted by molar-refractivity contribution is 0.145. The molecule has 6 nitrogen and oxygen atoms in total. The van der Waals surface area contributed by atoms with Gasteiger partial charge in [0.05, 0.1) is 0 Å². The summed E-state index contributed by atoms with van der Waals surface area (Å²) < 4.78 is 1.39. The van der Waals surface area contributed by atoms with Gasteiger partial charge in [-0.1, -0.05) is 13.3 Å². The minimum atomic E-state index is -0.256. The smallest absolute Gasteiger partial charge is 0.348 e. The van der Waals surface area contributed by atoms with Gasteiger partial charge in [0.25, 0.3) is 0 Å². The lowest BCUT2D eigenvalue weighted by Gasteiger charge is -2.41. The van der Waals surface area contributed by atoms with Gasteiger partial charge in [0.15, 0.2) is 5.65 Å².